The highest BCUT2D eigenvalue weighted by atomic mass is 31.1. The molecule has 0 saturated heterocycles. The van der Waals surface area contributed by atoms with Gasteiger partial charge in [0.1, 0.15) is 9.03 Å². The van der Waals surface area contributed by atoms with Crippen LogP contribution in [0.25, 0.3) is 0 Å². The van der Waals surface area contributed by atoms with Crippen LogP contribution >= 0.6 is 9.03 Å². The maximum absolute atomic E-state index is 7.15. The smallest absolute Gasteiger partial charge is 0.149 e. The molecule has 6 heavy (non-hydrogen) atoms. The molecule has 0 amide bonds. The van der Waals surface area contributed by atoms with Crippen molar-refractivity contribution in [1.29, 1.82) is 0 Å². The summed E-state index contributed by atoms with van der Waals surface area (Å²) < 4.78 is 0. The number of hydrogen-bond donors (Lipinski definition) is 2. The number of rotatable bonds is 0. The molecule has 0 aliphatic heterocycles. The lowest BCUT2D eigenvalue weighted by Crippen LogP contribution is -1.24. The van der Waals surface area contributed by atoms with E-state index in [9.17, 15) is 0 Å². The van der Waals surface area contributed by atoms with E-state index in [4.69, 9.17) is 9.79 Å². The van der Waals surface area contributed by atoms with Gasteiger partial charge < -0.3 is 9.79 Å². The first-order valence-electron chi connectivity index (χ1n) is 1.43. The lowest BCUT2D eigenvalue weighted by molar-refractivity contribution is 0.513. The quantitative estimate of drug-likeness (QED) is 0.353. The van der Waals surface area contributed by atoms with Gasteiger partial charge in [-0.2, -0.15) is 0 Å². The topological polar surface area (TPSA) is 40.5 Å². The Labute approximate surface area is 39.5 Å². The summed E-state index contributed by atoms with van der Waals surface area (Å²) in [5, 5.41) is 0. The Morgan fingerprint density at radius 2 is 1.67 bits per heavy atom. The highest BCUT2D eigenvalue weighted by Gasteiger charge is 1.34. The normalized spacial score (nSPS) is 5.17. The molecule has 0 radical (unpaired) electrons. The van der Waals surface area contributed by atoms with Crippen molar-refractivity contribution >= 4 is 9.03 Å². The summed E-state index contributed by atoms with van der Waals surface area (Å²) in [6.45, 7) is 5.25. The standard InChI is InChI=1S/C3H6.H3O2P/c2*1-3-2/h3H,1H2,2H3;1-3H. The monoisotopic (exact) mass is 108 g/mol. The predicted octanol–water partition coefficient (Wildman–Crippen LogP) is 0.672. The molecule has 0 bridgehead atoms. The highest BCUT2D eigenvalue weighted by Crippen LogP contribution is 1.81. The molecule has 38 valence electrons. The lowest BCUT2D eigenvalue weighted by atomic mass is 10.8. The van der Waals surface area contributed by atoms with Crippen molar-refractivity contribution < 1.29 is 9.79 Å². The third-order valence-electron chi connectivity index (χ3n) is 0. The number of allylic oxidation sites excluding steroid dienone is 1. The van der Waals surface area contributed by atoms with E-state index in [0.717, 1.165) is 0 Å². The van der Waals surface area contributed by atoms with Crippen LogP contribution in [0.3, 0.4) is 0 Å². The summed E-state index contributed by atoms with van der Waals surface area (Å²) in [7, 11) is -0.917. The fourth-order valence-electron chi connectivity index (χ4n) is 0. The van der Waals surface area contributed by atoms with Crippen molar-refractivity contribution in [3.63, 3.8) is 0 Å². The molecule has 0 rings (SSSR count). The van der Waals surface area contributed by atoms with Crippen molar-refractivity contribution in [2.24, 2.45) is 0 Å². The molecule has 0 saturated carbocycles. The molecule has 0 aromatic rings. The summed E-state index contributed by atoms with van der Waals surface area (Å²) in [5.41, 5.74) is 0. The third-order valence-corrected chi connectivity index (χ3v) is 0. The largest absolute Gasteiger partial charge is 0.352 e. The summed E-state index contributed by atoms with van der Waals surface area (Å²) >= 11 is 0. The molecular formula is C3H9O2P. The van der Waals surface area contributed by atoms with Crippen molar-refractivity contribution in [3.8, 4) is 0 Å². The van der Waals surface area contributed by atoms with Gasteiger partial charge in [0, 0.05) is 0 Å². The van der Waals surface area contributed by atoms with E-state index in [-0.39, 0.29) is 0 Å². The molecule has 3 heteroatoms. The fourth-order valence-corrected chi connectivity index (χ4v) is 0. The molecule has 0 aromatic heterocycles. The second kappa shape index (κ2) is 19.5. The van der Waals surface area contributed by atoms with E-state index in [1.807, 2.05) is 6.92 Å². The van der Waals surface area contributed by atoms with Crippen molar-refractivity contribution in [1.82, 2.24) is 0 Å². The van der Waals surface area contributed by atoms with Crippen LogP contribution in [0.1, 0.15) is 6.92 Å². The molecule has 2 nitrogen and oxygen atoms in total. The molecule has 0 aliphatic carbocycles. The predicted molar refractivity (Wildman–Crippen MR) is 28.6 cm³/mol. The van der Waals surface area contributed by atoms with Gasteiger partial charge in [-0.05, 0) is 6.92 Å². The van der Waals surface area contributed by atoms with Crippen LogP contribution in [0.15, 0.2) is 12.7 Å². The van der Waals surface area contributed by atoms with E-state index in [1.54, 1.807) is 6.08 Å². The zero-order valence-electron chi connectivity index (χ0n) is 3.68. The van der Waals surface area contributed by atoms with Gasteiger partial charge in [-0.15, -0.1) is 6.58 Å². The molecule has 0 aliphatic rings. The van der Waals surface area contributed by atoms with Gasteiger partial charge in [-0.3, -0.25) is 0 Å². The summed E-state index contributed by atoms with van der Waals surface area (Å²) in [4.78, 5) is 14.3. The maximum atomic E-state index is 7.15. The summed E-state index contributed by atoms with van der Waals surface area (Å²) in [6.07, 6.45) is 1.75. The van der Waals surface area contributed by atoms with Crippen LogP contribution in [-0.2, 0) is 0 Å². The molecule has 0 fully saturated rings. The first kappa shape index (κ1) is 9.43. The molecule has 0 heterocycles. The van der Waals surface area contributed by atoms with E-state index in [2.05, 4.69) is 6.58 Å². The van der Waals surface area contributed by atoms with E-state index < -0.39 is 9.03 Å². The van der Waals surface area contributed by atoms with E-state index in [0.29, 0.717) is 0 Å². The van der Waals surface area contributed by atoms with Crippen LogP contribution in [0.5, 0.6) is 0 Å². The van der Waals surface area contributed by atoms with Crippen LogP contribution in [0.2, 0.25) is 0 Å². The fraction of sp³-hybridized carbons (Fsp3) is 0.333. The van der Waals surface area contributed by atoms with Crippen LogP contribution in [0.4, 0.5) is 0 Å². The zero-order valence-corrected chi connectivity index (χ0v) is 4.68. The van der Waals surface area contributed by atoms with Gasteiger partial charge in [0.25, 0.3) is 0 Å². The van der Waals surface area contributed by atoms with Gasteiger partial charge in [0.05, 0.1) is 0 Å². The number of hydrogen-bond acceptors (Lipinski definition) is 2. The minimum Gasteiger partial charge on any atom is -0.352 e. The van der Waals surface area contributed by atoms with Crippen molar-refractivity contribution in [2.45, 2.75) is 6.92 Å². The van der Waals surface area contributed by atoms with Gasteiger partial charge in [-0.1, -0.05) is 6.08 Å². The highest BCUT2D eigenvalue weighted by molar-refractivity contribution is 7.23. The first-order chi connectivity index (χ1) is 2.83. The Morgan fingerprint density at radius 3 is 1.67 bits per heavy atom. The zero-order chi connectivity index (χ0) is 5.41. The van der Waals surface area contributed by atoms with Crippen LogP contribution < -0.4 is 0 Å². The van der Waals surface area contributed by atoms with Crippen LogP contribution in [0, 0.1) is 0 Å². The molecular weight excluding hydrogens is 99.0 g/mol. The Hall–Kier alpha value is 0.0900. The molecule has 2 N–H and O–H groups in total. The summed E-state index contributed by atoms with van der Waals surface area (Å²) in [6, 6.07) is 0. The average Bonchev–Trinajstić information content (AvgIpc) is 1.39. The second-order valence-electron chi connectivity index (χ2n) is 0.508. The van der Waals surface area contributed by atoms with Gasteiger partial charge in [0.15, 0.2) is 0 Å². The molecule has 0 spiro atoms. The molecule has 0 unspecified atom stereocenters. The SMILES string of the molecule is C=CC.OPO. The first-order valence-corrected chi connectivity index (χ1v) is 2.33. The Bertz CT molecular complexity index is 22.8. The lowest BCUT2D eigenvalue weighted by Gasteiger charge is -1.54. The van der Waals surface area contributed by atoms with Crippen molar-refractivity contribution in [3.05, 3.63) is 12.7 Å². The maximum Gasteiger partial charge on any atom is 0.149 e. The second-order valence-corrected chi connectivity index (χ2v) is 0.708. The van der Waals surface area contributed by atoms with Gasteiger partial charge >= 0.3 is 0 Å². The molecule has 0 aromatic carbocycles. The van der Waals surface area contributed by atoms with E-state index >= 15 is 0 Å². The Morgan fingerprint density at radius 1 is 1.67 bits per heavy atom. The van der Waals surface area contributed by atoms with Gasteiger partial charge in [-0.25, -0.2) is 0 Å². The van der Waals surface area contributed by atoms with Crippen LogP contribution in [-0.4, -0.2) is 9.79 Å². The average molecular weight is 108 g/mol. The van der Waals surface area contributed by atoms with Gasteiger partial charge in [0.2, 0.25) is 0 Å². The Kier molecular flexibility index (Phi) is 30.6. The van der Waals surface area contributed by atoms with Crippen molar-refractivity contribution in [2.75, 3.05) is 0 Å². The molecule has 0 atom stereocenters. The minimum absolute atomic E-state index is 0.917. The summed E-state index contributed by atoms with van der Waals surface area (Å²) in [5.74, 6) is 0. The Balaban J connectivity index is 0. The van der Waals surface area contributed by atoms with E-state index in [1.165, 1.54) is 0 Å². The third kappa shape index (κ3) is 4820. The minimum atomic E-state index is -0.917.